The summed E-state index contributed by atoms with van der Waals surface area (Å²) in [6.07, 6.45) is 4.43. The van der Waals surface area contributed by atoms with E-state index in [0.29, 0.717) is 5.92 Å². The number of carbonyl (C=O) groups excluding carboxylic acids is 1. The summed E-state index contributed by atoms with van der Waals surface area (Å²) < 4.78 is 0. The molecule has 2 heterocycles. The first kappa shape index (κ1) is 22.0. The minimum Gasteiger partial charge on any atom is -0.356 e. The molecule has 3 N–H and O–H groups in total. The number of amides is 1. The first-order valence-corrected chi connectivity index (χ1v) is 7.78. The average molecular weight is 363 g/mol. The monoisotopic (exact) mass is 362 g/mol. The second kappa shape index (κ2) is 10.7. The van der Waals surface area contributed by atoms with Gasteiger partial charge in [0, 0.05) is 25.3 Å². The third-order valence-corrected chi connectivity index (χ3v) is 3.88. The van der Waals surface area contributed by atoms with E-state index in [0.717, 1.165) is 38.2 Å². The molecule has 1 aliphatic heterocycles. The minimum absolute atomic E-state index is 0. The van der Waals surface area contributed by atoms with Gasteiger partial charge in [-0.15, -0.1) is 24.8 Å². The first-order chi connectivity index (χ1) is 10.1. The Bertz CT molecular complexity index is 451. The Kier molecular flexibility index (Phi) is 10.2. The molecule has 0 saturated carbocycles. The van der Waals surface area contributed by atoms with Gasteiger partial charge in [0.05, 0.1) is 6.04 Å². The van der Waals surface area contributed by atoms with Crippen LogP contribution >= 0.6 is 24.8 Å². The van der Waals surface area contributed by atoms with Crippen LogP contribution in [0.1, 0.15) is 33.1 Å². The number of nitrogens with two attached hydrogens (primary N) is 1. The lowest BCUT2D eigenvalue weighted by molar-refractivity contribution is -0.123. The molecule has 1 amide bonds. The Balaban J connectivity index is 0.00000242. The van der Waals surface area contributed by atoms with E-state index in [1.165, 1.54) is 0 Å². The third kappa shape index (κ3) is 6.94. The van der Waals surface area contributed by atoms with Crippen LogP contribution in [0.25, 0.3) is 0 Å². The van der Waals surface area contributed by atoms with Crippen molar-refractivity contribution in [3.8, 4) is 0 Å². The van der Waals surface area contributed by atoms with Gasteiger partial charge in [0.25, 0.3) is 0 Å². The molecule has 132 valence electrons. The zero-order chi connectivity index (χ0) is 15.2. The number of carbonyl (C=O) groups is 1. The van der Waals surface area contributed by atoms with Crippen molar-refractivity contribution in [2.75, 3.05) is 18.0 Å². The number of halogens is 2. The summed E-state index contributed by atoms with van der Waals surface area (Å²) in [5, 5.41) is 3.08. The highest BCUT2D eigenvalue weighted by Gasteiger charge is 2.23. The molecule has 1 aliphatic rings. The second-order valence-electron chi connectivity index (χ2n) is 6.19. The zero-order valence-corrected chi connectivity index (χ0v) is 15.4. The summed E-state index contributed by atoms with van der Waals surface area (Å²) in [6.45, 7) is 6.00. The van der Waals surface area contributed by atoms with Crippen molar-refractivity contribution in [1.29, 1.82) is 0 Å². The number of hydrogen-bond acceptors (Lipinski definition) is 4. The van der Waals surface area contributed by atoms with Crippen LogP contribution in [-0.4, -0.2) is 36.1 Å². The van der Waals surface area contributed by atoms with Crippen molar-refractivity contribution in [3.05, 3.63) is 24.4 Å². The van der Waals surface area contributed by atoms with Gasteiger partial charge in [-0.25, -0.2) is 4.98 Å². The molecule has 5 nitrogen and oxygen atoms in total. The molecule has 1 aromatic heterocycles. The maximum absolute atomic E-state index is 12.0. The van der Waals surface area contributed by atoms with Gasteiger partial charge in [0.2, 0.25) is 5.91 Å². The average Bonchev–Trinajstić information content (AvgIpc) is 2.48. The molecule has 0 aliphatic carbocycles. The fraction of sp³-hybridized carbons (Fsp3) is 0.625. The standard InChI is InChI=1S/C16H26N4O.2ClH/c1-12(2)11-14(17)16(21)19-13-6-9-20(10-7-13)15-5-3-4-8-18-15;;/h3-5,8,12-14H,6-7,9-11,17H2,1-2H3,(H,19,21);2*1H/t14-;;/m0../s1. The Labute approximate surface area is 151 Å². The maximum Gasteiger partial charge on any atom is 0.237 e. The summed E-state index contributed by atoms with van der Waals surface area (Å²) in [5.74, 6) is 1.44. The molecule has 0 unspecified atom stereocenters. The van der Waals surface area contributed by atoms with Gasteiger partial charge in [-0.3, -0.25) is 4.79 Å². The molecule has 7 heteroatoms. The van der Waals surface area contributed by atoms with Crippen LogP contribution in [0.4, 0.5) is 5.82 Å². The summed E-state index contributed by atoms with van der Waals surface area (Å²) in [6, 6.07) is 5.79. The molecule has 1 aromatic rings. The fourth-order valence-electron chi connectivity index (χ4n) is 2.72. The molecule has 23 heavy (non-hydrogen) atoms. The van der Waals surface area contributed by atoms with Crippen LogP contribution < -0.4 is 16.0 Å². The van der Waals surface area contributed by atoms with E-state index in [1.807, 2.05) is 24.4 Å². The summed E-state index contributed by atoms with van der Waals surface area (Å²) in [5.41, 5.74) is 5.92. The smallest absolute Gasteiger partial charge is 0.237 e. The first-order valence-electron chi connectivity index (χ1n) is 7.78. The van der Waals surface area contributed by atoms with Gasteiger partial charge in [0.1, 0.15) is 5.82 Å². The second-order valence-corrected chi connectivity index (χ2v) is 6.19. The Hall–Kier alpha value is -1.04. The number of aromatic nitrogens is 1. The van der Waals surface area contributed by atoms with E-state index in [4.69, 9.17) is 5.73 Å². The van der Waals surface area contributed by atoms with Crippen molar-refractivity contribution in [3.63, 3.8) is 0 Å². The van der Waals surface area contributed by atoms with Gasteiger partial charge >= 0.3 is 0 Å². The van der Waals surface area contributed by atoms with Crippen LogP contribution in [-0.2, 0) is 4.79 Å². The zero-order valence-electron chi connectivity index (χ0n) is 13.8. The van der Waals surface area contributed by atoms with Crippen molar-refractivity contribution >= 4 is 36.5 Å². The molecule has 0 aromatic carbocycles. The van der Waals surface area contributed by atoms with Crippen molar-refractivity contribution in [1.82, 2.24) is 10.3 Å². The Morgan fingerprint density at radius 3 is 2.52 bits per heavy atom. The van der Waals surface area contributed by atoms with E-state index in [1.54, 1.807) is 0 Å². The minimum atomic E-state index is -0.390. The molecule has 1 atom stereocenters. The molecule has 1 fully saturated rings. The normalized spacial score (nSPS) is 16.3. The SMILES string of the molecule is CC(C)C[C@H](N)C(=O)NC1CCN(c2ccccn2)CC1.Cl.Cl. The highest BCUT2D eigenvalue weighted by atomic mass is 35.5. The molecule has 0 bridgehead atoms. The summed E-state index contributed by atoms with van der Waals surface area (Å²) in [4.78, 5) is 18.7. The molecule has 2 rings (SSSR count). The Morgan fingerprint density at radius 1 is 1.35 bits per heavy atom. The number of hydrogen-bond donors (Lipinski definition) is 2. The lowest BCUT2D eigenvalue weighted by atomic mass is 10.0. The number of rotatable bonds is 5. The number of pyridine rings is 1. The van der Waals surface area contributed by atoms with Crippen molar-refractivity contribution in [2.45, 2.75) is 45.2 Å². The van der Waals surface area contributed by atoms with E-state index >= 15 is 0 Å². The van der Waals surface area contributed by atoms with E-state index in [2.05, 4.69) is 29.0 Å². The largest absolute Gasteiger partial charge is 0.356 e. The molecular formula is C16H28Cl2N4O. The van der Waals surface area contributed by atoms with Crippen LogP contribution in [0.2, 0.25) is 0 Å². The molecular weight excluding hydrogens is 335 g/mol. The Morgan fingerprint density at radius 2 is 2.00 bits per heavy atom. The number of nitrogens with zero attached hydrogens (tertiary/aromatic N) is 2. The number of nitrogens with one attached hydrogen (secondary N) is 1. The fourth-order valence-corrected chi connectivity index (χ4v) is 2.72. The van der Waals surface area contributed by atoms with Gasteiger partial charge in [-0.2, -0.15) is 0 Å². The van der Waals surface area contributed by atoms with E-state index in [-0.39, 0.29) is 42.8 Å². The van der Waals surface area contributed by atoms with Gasteiger partial charge in [0.15, 0.2) is 0 Å². The van der Waals surface area contributed by atoms with Gasteiger partial charge in [-0.1, -0.05) is 19.9 Å². The summed E-state index contributed by atoms with van der Waals surface area (Å²) in [7, 11) is 0. The van der Waals surface area contributed by atoms with Crippen LogP contribution in [0.15, 0.2) is 24.4 Å². The molecule has 0 radical (unpaired) electrons. The quantitative estimate of drug-likeness (QED) is 0.843. The van der Waals surface area contributed by atoms with Crippen LogP contribution in [0.3, 0.4) is 0 Å². The number of piperidine rings is 1. The lowest BCUT2D eigenvalue weighted by Gasteiger charge is -2.33. The molecule has 1 saturated heterocycles. The highest BCUT2D eigenvalue weighted by molar-refractivity contribution is 5.85. The topological polar surface area (TPSA) is 71.2 Å². The maximum atomic E-state index is 12.0. The van der Waals surface area contributed by atoms with Crippen LogP contribution in [0, 0.1) is 5.92 Å². The van der Waals surface area contributed by atoms with Gasteiger partial charge < -0.3 is 16.0 Å². The highest BCUT2D eigenvalue weighted by Crippen LogP contribution is 2.17. The van der Waals surface area contributed by atoms with E-state index in [9.17, 15) is 4.79 Å². The van der Waals surface area contributed by atoms with Crippen LogP contribution in [0.5, 0.6) is 0 Å². The van der Waals surface area contributed by atoms with E-state index < -0.39 is 0 Å². The van der Waals surface area contributed by atoms with Gasteiger partial charge in [-0.05, 0) is 37.3 Å². The number of anilines is 1. The predicted molar refractivity (Wildman–Crippen MR) is 99.5 cm³/mol. The van der Waals surface area contributed by atoms with Crippen molar-refractivity contribution < 1.29 is 4.79 Å². The third-order valence-electron chi connectivity index (χ3n) is 3.88. The lowest BCUT2D eigenvalue weighted by Crippen LogP contribution is -2.50. The molecule has 0 spiro atoms. The van der Waals surface area contributed by atoms with Crippen molar-refractivity contribution in [2.24, 2.45) is 11.7 Å². The summed E-state index contributed by atoms with van der Waals surface area (Å²) >= 11 is 0. The predicted octanol–water partition coefficient (Wildman–Crippen LogP) is 2.38.